The lowest BCUT2D eigenvalue weighted by molar-refractivity contribution is -0.120. The first-order valence-corrected chi connectivity index (χ1v) is 5.80. The molecule has 7 heteroatoms. The standard InChI is InChI=1S/C10H14BrN3O3/c1-17-3-2-12-9(15)6-14-10(16)8-4-7(11)5-13-8/h4-5,13H,2-3,6H2,1H3,(H,12,15)(H,14,16). The van der Waals surface area contributed by atoms with E-state index < -0.39 is 0 Å². The highest BCUT2D eigenvalue weighted by molar-refractivity contribution is 9.10. The Morgan fingerprint density at radius 2 is 2.24 bits per heavy atom. The predicted octanol–water partition coefficient (Wildman–Crippen LogP) is 0.270. The van der Waals surface area contributed by atoms with Crippen molar-refractivity contribution in [1.82, 2.24) is 15.6 Å². The van der Waals surface area contributed by atoms with Crippen molar-refractivity contribution >= 4 is 27.7 Å². The summed E-state index contributed by atoms with van der Waals surface area (Å²) in [5.41, 5.74) is 0.404. The number of carbonyl (C=O) groups excluding carboxylic acids is 2. The zero-order valence-electron chi connectivity index (χ0n) is 9.38. The molecule has 0 saturated heterocycles. The van der Waals surface area contributed by atoms with E-state index in [1.807, 2.05) is 0 Å². The van der Waals surface area contributed by atoms with Crippen LogP contribution in [0.1, 0.15) is 10.5 Å². The number of methoxy groups -OCH3 is 1. The number of halogens is 1. The Labute approximate surface area is 107 Å². The molecule has 1 aromatic heterocycles. The molecule has 94 valence electrons. The van der Waals surface area contributed by atoms with Crippen molar-refractivity contribution in [3.05, 3.63) is 22.4 Å². The Kier molecular flexibility index (Phi) is 5.71. The number of hydrogen-bond acceptors (Lipinski definition) is 3. The monoisotopic (exact) mass is 303 g/mol. The van der Waals surface area contributed by atoms with Crippen molar-refractivity contribution in [1.29, 1.82) is 0 Å². The molecule has 0 aromatic carbocycles. The second kappa shape index (κ2) is 7.08. The van der Waals surface area contributed by atoms with Crippen LogP contribution in [0.15, 0.2) is 16.7 Å². The van der Waals surface area contributed by atoms with Crippen LogP contribution in [0.25, 0.3) is 0 Å². The van der Waals surface area contributed by atoms with Crippen LogP contribution in [0.4, 0.5) is 0 Å². The summed E-state index contributed by atoms with van der Waals surface area (Å²) in [5, 5.41) is 5.09. The van der Waals surface area contributed by atoms with Gasteiger partial charge < -0.3 is 20.4 Å². The van der Waals surface area contributed by atoms with Gasteiger partial charge in [-0.2, -0.15) is 0 Å². The Morgan fingerprint density at radius 3 is 2.82 bits per heavy atom. The van der Waals surface area contributed by atoms with Gasteiger partial charge in [0.2, 0.25) is 5.91 Å². The molecule has 3 N–H and O–H groups in total. The van der Waals surface area contributed by atoms with E-state index in [4.69, 9.17) is 4.74 Å². The van der Waals surface area contributed by atoms with Crippen molar-refractivity contribution in [3.8, 4) is 0 Å². The third-order valence-corrected chi connectivity index (χ3v) is 2.39. The van der Waals surface area contributed by atoms with Gasteiger partial charge in [0.25, 0.3) is 5.91 Å². The van der Waals surface area contributed by atoms with Gasteiger partial charge in [-0.25, -0.2) is 0 Å². The molecule has 6 nitrogen and oxygen atoms in total. The first-order chi connectivity index (χ1) is 8.13. The van der Waals surface area contributed by atoms with Crippen LogP contribution in [-0.2, 0) is 9.53 Å². The maximum atomic E-state index is 11.5. The van der Waals surface area contributed by atoms with Crippen molar-refractivity contribution in [3.63, 3.8) is 0 Å². The second-order valence-electron chi connectivity index (χ2n) is 3.26. The first-order valence-electron chi connectivity index (χ1n) is 5.01. The third kappa shape index (κ3) is 5.01. The van der Waals surface area contributed by atoms with Crippen molar-refractivity contribution in [2.75, 3.05) is 26.8 Å². The van der Waals surface area contributed by atoms with E-state index in [0.717, 1.165) is 4.47 Å². The Bertz CT molecular complexity index is 392. The lowest BCUT2D eigenvalue weighted by Gasteiger charge is -2.05. The number of amides is 2. The van der Waals surface area contributed by atoms with E-state index in [1.54, 1.807) is 19.4 Å². The van der Waals surface area contributed by atoms with E-state index in [0.29, 0.717) is 18.8 Å². The lowest BCUT2D eigenvalue weighted by Crippen LogP contribution is -2.38. The average Bonchev–Trinajstić information content (AvgIpc) is 2.73. The minimum atomic E-state index is -0.322. The van der Waals surface area contributed by atoms with E-state index in [2.05, 4.69) is 31.5 Å². The number of carbonyl (C=O) groups is 2. The van der Waals surface area contributed by atoms with Gasteiger partial charge in [0.15, 0.2) is 0 Å². The van der Waals surface area contributed by atoms with Gasteiger partial charge >= 0.3 is 0 Å². The molecule has 1 rings (SSSR count). The minimum Gasteiger partial charge on any atom is -0.383 e. The van der Waals surface area contributed by atoms with E-state index in [-0.39, 0.29) is 18.4 Å². The van der Waals surface area contributed by atoms with Gasteiger partial charge in [-0.15, -0.1) is 0 Å². The molecule has 0 unspecified atom stereocenters. The molecule has 1 aromatic rings. The van der Waals surface area contributed by atoms with Crippen LogP contribution in [0.3, 0.4) is 0 Å². The van der Waals surface area contributed by atoms with Crippen LogP contribution >= 0.6 is 15.9 Å². The number of nitrogens with one attached hydrogen (secondary N) is 3. The summed E-state index contributed by atoms with van der Waals surface area (Å²) < 4.78 is 5.56. The molecular formula is C10H14BrN3O3. The first kappa shape index (κ1) is 13.7. The van der Waals surface area contributed by atoms with E-state index in [1.165, 1.54) is 0 Å². The van der Waals surface area contributed by atoms with Gasteiger partial charge in [0, 0.05) is 24.3 Å². The maximum absolute atomic E-state index is 11.5. The van der Waals surface area contributed by atoms with Crippen molar-refractivity contribution in [2.45, 2.75) is 0 Å². The highest BCUT2D eigenvalue weighted by Gasteiger charge is 2.09. The molecule has 0 aliphatic carbocycles. The van der Waals surface area contributed by atoms with Crippen molar-refractivity contribution < 1.29 is 14.3 Å². The molecule has 1 heterocycles. The number of aromatic nitrogens is 1. The van der Waals surface area contributed by atoms with Crippen molar-refractivity contribution in [2.24, 2.45) is 0 Å². The van der Waals surface area contributed by atoms with Crippen LogP contribution < -0.4 is 10.6 Å². The Morgan fingerprint density at radius 1 is 1.47 bits per heavy atom. The third-order valence-electron chi connectivity index (χ3n) is 1.93. The topological polar surface area (TPSA) is 83.2 Å². The molecule has 0 aliphatic rings. The molecule has 0 aliphatic heterocycles. The second-order valence-corrected chi connectivity index (χ2v) is 4.17. The molecule has 0 saturated carbocycles. The zero-order valence-corrected chi connectivity index (χ0v) is 11.0. The Balaban J connectivity index is 2.26. The lowest BCUT2D eigenvalue weighted by atomic mass is 10.4. The minimum absolute atomic E-state index is 0.0564. The fourth-order valence-corrected chi connectivity index (χ4v) is 1.45. The number of rotatable bonds is 6. The molecular weight excluding hydrogens is 290 g/mol. The number of hydrogen-bond donors (Lipinski definition) is 3. The molecule has 0 atom stereocenters. The van der Waals surface area contributed by atoms with Crippen LogP contribution in [0, 0.1) is 0 Å². The fraction of sp³-hybridized carbons (Fsp3) is 0.400. The van der Waals surface area contributed by atoms with Gasteiger partial charge in [-0.3, -0.25) is 9.59 Å². The van der Waals surface area contributed by atoms with Crippen LogP contribution in [0.5, 0.6) is 0 Å². The highest BCUT2D eigenvalue weighted by atomic mass is 79.9. The quantitative estimate of drug-likeness (QED) is 0.660. The van der Waals surface area contributed by atoms with Crippen LogP contribution in [0.2, 0.25) is 0 Å². The van der Waals surface area contributed by atoms with Gasteiger partial charge in [-0.05, 0) is 22.0 Å². The molecule has 2 amide bonds. The van der Waals surface area contributed by atoms with Gasteiger partial charge in [0.05, 0.1) is 13.2 Å². The summed E-state index contributed by atoms with van der Waals surface area (Å²) in [4.78, 5) is 25.6. The number of H-pyrrole nitrogens is 1. The van der Waals surface area contributed by atoms with Gasteiger partial charge in [-0.1, -0.05) is 0 Å². The average molecular weight is 304 g/mol. The molecule has 0 bridgehead atoms. The smallest absolute Gasteiger partial charge is 0.268 e. The largest absolute Gasteiger partial charge is 0.383 e. The Hall–Kier alpha value is -1.34. The SMILES string of the molecule is COCCNC(=O)CNC(=O)c1cc(Br)c[nH]1. The summed E-state index contributed by atoms with van der Waals surface area (Å²) in [6.45, 7) is 0.821. The molecule has 0 radical (unpaired) electrons. The fourth-order valence-electron chi connectivity index (χ4n) is 1.11. The highest BCUT2D eigenvalue weighted by Crippen LogP contribution is 2.09. The van der Waals surface area contributed by atoms with Gasteiger partial charge in [0.1, 0.15) is 5.69 Å². The summed E-state index contributed by atoms with van der Waals surface area (Å²) in [6, 6.07) is 1.64. The number of aromatic amines is 1. The molecule has 0 fully saturated rings. The molecule has 17 heavy (non-hydrogen) atoms. The zero-order chi connectivity index (χ0) is 12.7. The summed E-state index contributed by atoms with van der Waals surface area (Å²) in [5.74, 6) is -0.571. The maximum Gasteiger partial charge on any atom is 0.268 e. The predicted molar refractivity (Wildman–Crippen MR) is 65.7 cm³/mol. The normalized spacial score (nSPS) is 10.0. The summed E-state index contributed by atoms with van der Waals surface area (Å²) in [6.07, 6.45) is 1.65. The summed E-state index contributed by atoms with van der Waals surface area (Å²) >= 11 is 3.22. The van der Waals surface area contributed by atoms with E-state index in [9.17, 15) is 9.59 Å². The van der Waals surface area contributed by atoms with Crippen LogP contribution in [-0.4, -0.2) is 43.6 Å². The van der Waals surface area contributed by atoms with E-state index >= 15 is 0 Å². The molecule has 0 spiro atoms. The summed E-state index contributed by atoms with van der Waals surface area (Å²) in [7, 11) is 1.55. The number of ether oxygens (including phenoxy) is 1.